The molecule has 0 aliphatic heterocycles. The molecule has 1 aromatic heterocycles. The van der Waals surface area contributed by atoms with Crippen LogP contribution in [0, 0.1) is 0 Å². The van der Waals surface area contributed by atoms with Crippen LogP contribution < -0.4 is 4.74 Å². The Balaban J connectivity index is 2.31. The summed E-state index contributed by atoms with van der Waals surface area (Å²) in [7, 11) is 2.06. The van der Waals surface area contributed by atoms with Crippen molar-refractivity contribution >= 4 is 11.6 Å². The van der Waals surface area contributed by atoms with Crippen LogP contribution >= 0.6 is 11.6 Å². The Hall–Kier alpha value is -0.800. The van der Waals surface area contributed by atoms with Crippen molar-refractivity contribution in [2.75, 3.05) is 26.7 Å². The summed E-state index contributed by atoms with van der Waals surface area (Å²) in [5, 5.41) is 0.603. The van der Waals surface area contributed by atoms with Gasteiger partial charge in [-0.25, -0.2) is 0 Å². The van der Waals surface area contributed by atoms with Crippen LogP contribution in [0.4, 0.5) is 0 Å². The molecule has 0 N–H and O–H groups in total. The van der Waals surface area contributed by atoms with Crippen molar-refractivity contribution in [1.82, 2.24) is 9.88 Å². The molecule has 3 nitrogen and oxygen atoms in total. The summed E-state index contributed by atoms with van der Waals surface area (Å²) in [6.07, 6.45) is 3.25. The Morgan fingerprint density at radius 1 is 1.50 bits per heavy atom. The maximum Gasteiger partial charge on any atom is 0.139 e. The molecule has 14 heavy (non-hydrogen) atoms. The smallest absolute Gasteiger partial charge is 0.139 e. The van der Waals surface area contributed by atoms with E-state index in [-0.39, 0.29) is 0 Å². The molecule has 1 aromatic rings. The molecule has 0 aliphatic carbocycles. The van der Waals surface area contributed by atoms with Gasteiger partial charge in [-0.1, -0.05) is 18.5 Å². The highest BCUT2D eigenvalue weighted by Gasteiger charge is 1.97. The van der Waals surface area contributed by atoms with Gasteiger partial charge in [0.05, 0.1) is 11.2 Å². The van der Waals surface area contributed by atoms with Gasteiger partial charge in [-0.3, -0.25) is 4.98 Å². The van der Waals surface area contributed by atoms with Gasteiger partial charge in [0.2, 0.25) is 0 Å². The first-order chi connectivity index (χ1) is 6.72. The summed E-state index contributed by atoms with van der Waals surface area (Å²) in [4.78, 5) is 6.11. The second-order valence-electron chi connectivity index (χ2n) is 3.08. The van der Waals surface area contributed by atoms with Gasteiger partial charge in [0.25, 0.3) is 0 Å². The topological polar surface area (TPSA) is 25.4 Å². The van der Waals surface area contributed by atoms with Crippen LogP contribution in [0.1, 0.15) is 6.92 Å². The minimum absolute atomic E-state index is 0.603. The molecule has 78 valence electrons. The minimum atomic E-state index is 0.603. The molecule has 0 bridgehead atoms. The molecule has 0 saturated heterocycles. The lowest BCUT2D eigenvalue weighted by Gasteiger charge is -2.13. The molecule has 0 aliphatic rings. The van der Waals surface area contributed by atoms with Crippen molar-refractivity contribution in [2.24, 2.45) is 0 Å². The number of hydrogen-bond donors (Lipinski definition) is 0. The van der Waals surface area contributed by atoms with Crippen molar-refractivity contribution in [3.8, 4) is 5.75 Å². The zero-order chi connectivity index (χ0) is 10.4. The fourth-order valence-electron chi connectivity index (χ4n) is 0.949. The first kappa shape index (κ1) is 11.3. The van der Waals surface area contributed by atoms with Crippen molar-refractivity contribution in [3.05, 3.63) is 23.5 Å². The number of nitrogens with zero attached hydrogens (tertiary/aromatic N) is 2. The minimum Gasteiger partial charge on any atom is -0.491 e. The molecule has 1 rings (SSSR count). The van der Waals surface area contributed by atoms with Gasteiger partial charge in [0, 0.05) is 18.8 Å². The average Bonchev–Trinajstić information content (AvgIpc) is 2.17. The van der Waals surface area contributed by atoms with E-state index in [1.54, 1.807) is 18.5 Å². The average molecular weight is 215 g/mol. The Bertz CT molecular complexity index is 281. The van der Waals surface area contributed by atoms with E-state index in [2.05, 4.69) is 23.9 Å². The number of likely N-dealkylation sites (N-methyl/N-ethyl adjacent to an activating group) is 1. The van der Waals surface area contributed by atoms with E-state index in [0.29, 0.717) is 11.6 Å². The Morgan fingerprint density at radius 3 is 2.93 bits per heavy atom. The zero-order valence-corrected chi connectivity index (χ0v) is 9.29. The first-order valence-electron chi connectivity index (χ1n) is 4.64. The van der Waals surface area contributed by atoms with E-state index in [1.165, 1.54) is 0 Å². The lowest BCUT2D eigenvalue weighted by atomic mass is 10.4. The van der Waals surface area contributed by atoms with Gasteiger partial charge < -0.3 is 9.64 Å². The SMILES string of the molecule is CCN(C)CCOc1cncc(Cl)c1. The fourth-order valence-corrected chi connectivity index (χ4v) is 1.11. The molecule has 0 radical (unpaired) electrons. The van der Waals surface area contributed by atoms with E-state index < -0.39 is 0 Å². The molecular weight excluding hydrogens is 200 g/mol. The molecule has 0 saturated carbocycles. The van der Waals surface area contributed by atoms with E-state index in [0.717, 1.165) is 18.8 Å². The van der Waals surface area contributed by atoms with Crippen LogP contribution in [-0.4, -0.2) is 36.6 Å². The van der Waals surface area contributed by atoms with Gasteiger partial charge in [0.15, 0.2) is 0 Å². The lowest BCUT2D eigenvalue weighted by molar-refractivity contribution is 0.243. The first-order valence-corrected chi connectivity index (χ1v) is 5.02. The zero-order valence-electron chi connectivity index (χ0n) is 8.53. The van der Waals surface area contributed by atoms with Gasteiger partial charge in [-0.2, -0.15) is 0 Å². The molecule has 0 atom stereocenters. The standard InChI is InChI=1S/C10H15ClN2O/c1-3-13(2)4-5-14-10-6-9(11)7-12-8-10/h6-8H,3-5H2,1-2H3. The van der Waals surface area contributed by atoms with Crippen LogP contribution in [0.5, 0.6) is 5.75 Å². The number of hydrogen-bond acceptors (Lipinski definition) is 3. The molecule has 0 unspecified atom stereocenters. The van der Waals surface area contributed by atoms with Crippen LogP contribution in [0.3, 0.4) is 0 Å². The molecule has 0 spiro atoms. The predicted molar refractivity (Wildman–Crippen MR) is 57.9 cm³/mol. The Kier molecular flexibility index (Phi) is 4.70. The maximum absolute atomic E-state index is 5.76. The van der Waals surface area contributed by atoms with Gasteiger partial charge in [-0.15, -0.1) is 0 Å². The van der Waals surface area contributed by atoms with Crippen LogP contribution in [-0.2, 0) is 0 Å². The molecular formula is C10H15ClN2O. The number of aromatic nitrogens is 1. The number of ether oxygens (including phenoxy) is 1. The highest BCUT2D eigenvalue weighted by molar-refractivity contribution is 6.30. The third kappa shape index (κ3) is 3.94. The van der Waals surface area contributed by atoms with Gasteiger partial charge in [-0.05, 0) is 13.6 Å². The summed E-state index contributed by atoms with van der Waals surface area (Å²) in [6, 6.07) is 1.76. The van der Waals surface area contributed by atoms with Crippen LogP contribution in [0.15, 0.2) is 18.5 Å². The quantitative estimate of drug-likeness (QED) is 0.751. The third-order valence-corrected chi connectivity index (χ3v) is 2.17. The fraction of sp³-hybridized carbons (Fsp3) is 0.500. The molecule has 4 heteroatoms. The summed E-state index contributed by atoms with van der Waals surface area (Å²) in [5.41, 5.74) is 0. The number of pyridine rings is 1. The summed E-state index contributed by atoms with van der Waals surface area (Å²) in [5.74, 6) is 0.724. The second-order valence-corrected chi connectivity index (χ2v) is 3.52. The van der Waals surface area contributed by atoms with E-state index >= 15 is 0 Å². The summed E-state index contributed by atoms with van der Waals surface area (Å²) < 4.78 is 5.47. The lowest BCUT2D eigenvalue weighted by Crippen LogP contribution is -2.23. The second kappa shape index (κ2) is 5.83. The van der Waals surface area contributed by atoms with E-state index in [1.807, 2.05) is 0 Å². The number of halogens is 1. The molecule has 0 aromatic carbocycles. The molecule has 0 amide bonds. The summed E-state index contributed by atoms with van der Waals surface area (Å²) >= 11 is 5.76. The highest BCUT2D eigenvalue weighted by atomic mass is 35.5. The molecule has 1 heterocycles. The van der Waals surface area contributed by atoms with Crippen molar-refractivity contribution in [1.29, 1.82) is 0 Å². The number of rotatable bonds is 5. The van der Waals surface area contributed by atoms with Crippen LogP contribution in [0.25, 0.3) is 0 Å². The van der Waals surface area contributed by atoms with E-state index in [4.69, 9.17) is 16.3 Å². The van der Waals surface area contributed by atoms with Crippen molar-refractivity contribution in [2.45, 2.75) is 6.92 Å². The normalized spacial score (nSPS) is 10.6. The van der Waals surface area contributed by atoms with E-state index in [9.17, 15) is 0 Å². The Labute approximate surface area is 89.7 Å². The largest absolute Gasteiger partial charge is 0.491 e. The highest BCUT2D eigenvalue weighted by Crippen LogP contribution is 2.14. The summed E-state index contributed by atoms with van der Waals surface area (Å²) in [6.45, 7) is 4.70. The van der Waals surface area contributed by atoms with Crippen molar-refractivity contribution in [3.63, 3.8) is 0 Å². The van der Waals surface area contributed by atoms with Gasteiger partial charge in [0.1, 0.15) is 12.4 Å². The van der Waals surface area contributed by atoms with Crippen molar-refractivity contribution < 1.29 is 4.74 Å². The van der Waals surface area contributed by atoms with Crippen LogP contribution in [0.2, 0.25) is 5.02 Å². The maximum atomic E-state index is 5.76. The Morgan fingerprint density at radius 2 is 2.29 bits per heavy atom. The predicted octanol–water partition coefficient (Wildman–Crippen LogP) is 2.07. The molecule has 0 fully saturated rings. The third-order valence-electron chi connectivity index (χ3n) is 1.96. The van der Waals surface area contributed by atoms with Gasteiger partial charge >= 0.3 is 0 Å². The monoisotopic (exact) mass is 214 g/mol.